The van der Waals surface area contributed by atoms with Crippen LogP contribution in [0.2, 0.25) is 0 Å². The van der Waals surface area contributed by atoms with Gasteiger partial charge in [0, 0.05) is 6.54 Å². The Labute approximate surface area is 116 Å². The zero-order valence-electron chi connectivity index (χ0n) is 10.4. The highest BCUT2D eigenvalue weighted by Crippen LogP contribution is 2.27. The first-order valence-corrected chi connectivity index (χ1v) is 7.99. The van der Waals surface area contributed by atoms with Crippen molar-refractivity contribution in [2.45, 2.75) is 26.2 Å². The van der Waals surface area contributed by atoms with Gasteiger partial charge in [0.1, 0.15) is 5.82 Å². The first kappa shape index (κ1) is 14.6. The summed E-state index contributed by atoms with van der Waals surface area (Å²) in [4.78, 5) is 4.29. The van der Waals surface area contributed by atoms with E-state index in [-0.39, 0.29) is 0 Å². The molecule has 0 aliphatic rings. The predicted octanol–water partition coefficient (Wildman–Crippen LogP) is 3.68. The van der Waals surface area contributed by atoms with Crippen molar-refractivity contribution in [1.29, 1.82) is 0 Å². The molecule has 1 heterocycles. The van der Waals surface area contributed by atoms with Crippen LogP contribution in [0.3, 0.4) is 0 Å². The fraction of sp³-hybridized carbons (Fsp3) is 0.583. The van der Waals surface area contributed by atoms with Crippen LogP contribution < -0.4 is 11.1 Å². The van der Waals surface area contributed by atoms with Crippen LogP contribution in [0.15, 0.2) is 10.7 Å². The lowest BCUT2D eigenvalue weighted by molar-refractivity contribution is 0.748. The number of hydrogen-bond acceptors (Lipinski definition) is 4. The Morgan fingerprint density at radius 2 is 2.18 bits per heavy atom. The number of nitrogens with two attached hydrogens (primary N) is 1. The van der Waals surface area contributed by atoms with Gasteiger partial charge in [-0.2, -0.15) is 11.8 Å². The van der Waals surface area contributed by atoms with Gasteiger partial charge in [-0.3, -0.25) is 0 Å². The van der Waals surface area contributed by atoms with E-state index < -0.39 is 0 Å². The lowest BCUT2D eigenvalue weighted by Crippen LogP contribution is -2.06. The van der Waals surface area contributed by atoms with Gasteiger partial charge in [-0.05, 0) is 53.3 Å². The summed E-state index contributed by atoms with van der Waals surface area (Å²) in [5.41, 5.74) is 7.55. The number of anilines is 2. The molecule has 5 heteroatoms. The molecule has 0 aliphatic heterocycles. The van der Waals surface area contributed by atoms with Crippen LogP contribution in [-0.4, -0.2) is 23.5 Å². The van der Waals surface area contributed by atoms with Crippen molar-refractivity contribution in [3.8, 4) is 0 Å². The molecule has 0 aromatic carbocycles. The molecule has 96 valence electrons. The van der Waals surface area contributed by atoms with Crippen molar-refractivity contribution < 1.29 is 0 Å². The molecule has 0 saturated heterocycles. The number of rotatable bonds is 7. The number of unbranched alkanes of at least 4 members (excludes halogenated alkanes) is 2. The highest BCUT2D eigenvalue weighted by Gasteiger charge is 2.06. The van der Waals surface area contributed by atoms with Crippen LogP contribution in [0.25, 0.3) is 0 Å². The second kappa shape index (κ2) is 7.82. The molecule has 17 heavy (non-hydrogen) atoms. The second-order valence-corrected chi connectivity index (χ2v) is 5.76. The Morgan fingerprint density at radius 3 is 2.88 bits per heavy atom. The normalized spacial score (nSPS) is 10.5. The third-order valence-electron chi connectivity index (χ3n) is 2.62. The molecular weight excluding hydrogens is 298 g/mol. The van der Waals surface area contributed by atoms with E-state index in [9.17, 15) is 0 Å². The maximum absolute atomic E-state index is 5.78. The van der Waals surface area contributed by atoms with Gasteiger partial charge < -0.3 is 11.1 Å². The molecule has 0 fully saturated rings. The number of hydrogen-bond donors (Lipinski definition) is 2. The maximum atomic E-state index is 5.78. The fourth-order valence-electron chi connectivity index (χ4n) is 1.47. The van der Waals surface area contributed by atoms with E-state index in [1.165, 1.54) is 25.0 Å². The Hall–Kier alpha value is -0.420. The summed E-state index contributed by atoms with van der Waals surface area (Å²) < 4.78 is 0.974. The van der Waals surface area contributed by atoms with Crippen LogP contribution in [-0.2, 0) is 0 Å². The smallest absolute Gasteiger partial charge is 0.140 e. The monoisotopic (exact) mass is 317 g/mol. The Balaban J connectivity index is 2.35. The maximum Gasteiger partial charge on any atom is 0.140 e. The third-order valence-corrected chi connectivity index (χ3v) is 4.29. The molecule has 0 saturated carbocycles. The quantitative estimate of drug-likeness (QED) is 0.753. The molecule has 0 spiro atoms. The molecule has 3 N–H and O–H groups in total. The number of pyridine rings is 1. The van der Waals surface area contributed by atoms with Crippen LogP contribution in [0.5, 0.6) is 0 Å². The van der Waals surface area contributed by atoms with Gasteiger partial charge in [-0.1, -0.05) is 6.42 Å². The molecule has 1 aromatic rings. The van der Waals surface area contributed by atoms with Gasteiger partial charge in [0.25, 0.3) is 0 Å². The number of nitrogens with zero attached hydrogens (tertiary/aromatic N) is 1. The van der Waals surface area contributed by atoms with Crippen molar-refractivity contribution in [2.24, 2.45) is 0 Å². The highest BCUT2D eigenvalue weighted by atomic mass is 79.9. The lowest BCUT2D eigenvalue weighted by atomic mass is 10.2. The molecule has 0 aliphatic carbocycles. The minimum Gasteiger partial charge on any atom is -0.397 e. The van der Waals surface area contributed by atoms with Crippen molar-refractivity contribution in [3.63, 3.8) is 0 Å². The highest BCUT2D eigenvalue weighted by molar-refractivity contribution is 9.10. The summed E-state index contributed by atoms with van der Waals surface area (Å²) in [6.45, 7) is 2.95. The topological polar surface area (TPSA) is 50.9 Å². The second-order valence-electron chi connectivity index (χ2n) is 3.98. The van der Waals surface area contributed by atoms with Crippen LogP contribution in [0, 0.1) is 6.92 Å². The van der Waals surface area contributed by atoms with Gasteiger partial charge >= 0.3 is 0 Å². The van der Waals surface area contributed by atoms with Crippen molar-refractivity contribution in [3.05, 3.63) is 16.2 Å². The Bertz CT molecular complexity index is 358. The molecular formula is C12H20BrN3S. The van der Waals surface area contributed by atoms with Crippen LogP contribution in [0.1, 0.15) is 24.8 Å². The van der Waals surface area contributed by atoms with E-state index in [0.29, 0.717) is 0 Å². The molecule has 0 atom stereocenters. The summed E-state index contributed by atoms with van der Waals surface area (Å²) in [7, 11) is 0. The van der Waals surface area contributed by atoms with E-state index in [4.69, 9.17) is 5.73 Å². The van der Waals surface area contributed by atoms with E-state index in [1.807, 2.05) is 18.7 Å². The summed E-state index contributed by atoms with van der Waals surface area (Å²) in [6.07, 6.45) is 7.59. The van der Waals surface area contributed by atoms with Gasteiger partial charge in [-0.15, -0.1) is 0 Å². The third kappa shape index (κ3) is 4.76. The van der Waals surface area contributed by atoms with Gasteiger partial charge in [0.15, 0.2) is 0 Å². The van der Waals surface area contributed by atoms with Gasteiger partial charge in [0.05, 0.1) is 16.4 Å². The number of thioether (sulfide) groups is 1. The molecule has 1 aromatic heterocycles. The Morgan fingerprint density at radius 1 is 1.41 bits per heavy atom. The van der Waals surface area contributed by atoms with Crippen molar-refractivity contribution in [1.82, 2.24) is 4.98 Å². The average Bonchev–Trinajstić information content (AvgIpc) is 2.33. The van der Waals surface area contributed by atoms with Crippen molar-refractivity contribution in [2.75, 3.05) is 29.6 Å². The molecule has 0 bridgehead atoms. The minimum absolute atomic E-state index is 0.724. The first-order valence-electron chi connectivity index (χ1n) is 5.80. The molecule has 0 radical (unpaired) electrons. The number of aromatic nitrogens is 1. The molecule has 3 nitrogen and oxygen atoms in total. The minimum atomic E-state index is 0.724. The molecule has 0 amide bonds. The summed E-state index contributed by atoms with van der Waals surface area (Å²) >= 11 is 5.42. The van der Waals surface area contributed by atoms with Crippen LogP contribution in [0.4, 0.5) is 11.5 Å². The Kier molecular flexibility index (Phi) is 6.73. The molecule has 0 unspecified atom stereocenters. The molecule has 1 rings (SSSR count). The van der Waals surface area contributed by atoms with E-state index in [1.54, 1.807) is 6.20 Å². The van der Waals surface area contributed by atoms with E-state index >= 15 is 0 Å². The van der Waals surface area contributed by atoms with E-state index in [0.717, 1.165) is 28.1 Å². The van der Waals surface area contributed by atoms with Crippen LogP contribution >= 0.6 is 27.7 Å². The van der Waals surface area contributed by atoms with Gasteiger partial charge in [0.2, 0.25) is 0 Å². The standard InChI is InChI=1S/C12H20BrN3S/c1-9-10(14)8-16-12(11(9)13)15-6-4-3-5-7-17-2/h8H,3-7,14H2,1-2H3,(H,15,16). The number of nitrogen functional groups attached to an aromatic ring is 1. The number of halogens is 1. The van der Waals surface area contributed by atoms with E-state index in [2.05, 4.69) is 32.5 Å². The average molecular weight is 318 g/mol. The zero-order chi connectivity index (χ0) is 12.7. The van der Waals surface area contributed by atoms with Gasteiger partial charge in [-0.25, -0.2) is 4.98 Å². The fourth-order valence-corrected chi connectivity index (χ4v) is 2.43. The first-order chi connectivity index (χ1) is 8.16. The largest absolute Gasteiger partial charge is 0.397 e. The summed E-state index contributed by atoms with van der Waals surface area (Å²) in [5, 5.41) is 3.34. The predicted molar refractivity (Wildman–Crippen MR) is 81.8 cm³/mol. The SMILES string of the molecule is CSCCCCCNc1ncc(N)c(C)c1Br. The summed E-state index contributed by atoms with van der Waals surface area (Å²) in [6, 6.07) is 0. The lowest BCUT2D eigenvalue weighted by Gasteiger charge is -2.10. The number of nitrogens with one attached hydrogen (secondary N) is 1. The zero-order valence-corrected chi connectivity index (χ0v) is 12.8. The summed E-state index contributed by atoms with van der Waals surface area (Å²) in [5.74, 6) is 2.14. The van der Waals surface area contributed by atoms with Crippen molar-refractivity contribution >= 4 is 39.2 Å².